The summed E-state index contributed by atoms with van der Waals surface area (Å²) in [6, 6.07) is 16.8. The Morgan fingerprint density at radius 2 is 1.70 bits per heavy atom. The van der Waals surface area contributed by atoms with Gasteiger partial charge in [-0.3, -0.25) is 18.9 Å². The fourth-order valence-electron chi connectivity index (χ4n) is 3.94. The lowest BCUT2D eigenvalue weighted by molar-refractivity contribution is 0.502. The number of nitrogens with one attached hydrogen (secondary N) is 1. The average Bonchev–Trinajstić information content (AvgIpc) is 3.12. The molecule has 172 valence electrons. The molecule has 9 heteroatoms. The highest BCUT2D eigenvalue weighted by Crippen LogP contribution is 2.20. The van der Waals surface area contributed by atoms with Gasteiger partial charge in [0.15, 0.2) is 5.58 Å². The number of hydrogen-bond donors (Lipinski definition) is 2. The zero-order valence-electron chi connectivity index (χ0n) is 18.5. The van der Waals surface area contributed by atoms with Gasteiger partial charge in [0.2, 0.25) is 0 Å². The summed E-state index contributed by atoms with van der Waals surface area (Å²) >= 11 is 0. The van der Waals surface area contributed by atoms with Crippen molar-refractivity contribution in [3.63, 3.8) is 0 Å². The Labute approximate surface area is 189 Å². The smallest absolute Gasteiger partial charge is 0.408 e. The summed E-state index contributed by atoms with van der Waals surface area (Å²) in [7, 11) is 0. The topological polar surface area (TPSA) is 119 Å². The quantitative estimate of drug-likeness (QED) is 0.405. The van der Waals surface area contributed by atoms with E-state index < -0.39 is 17.0 Å². The summed E-state index contributed by atoms with van der Waals surface area (Å²) in [5.41, 5.74) is 7.65. The molecule has 0 aliphatic heterocycles. The standard InChI is InChI=1S/C24H27N5O4/c1-2-3-13-29-21(25)20(22(30)26-23(29)31)27(16-17-9-5-4-6-10-17)14-15-28-18-11-7-8-12-19(18)33-24(28)32/h4-12H,2-3,13-16,25H2,1H3,(H,26,30,31). The second kappa shape index (κ2) is 9.64. The molecule has 33 heavy (non-hydrogen) atoms. The number of aromatic nitrogens is 3. The minimum atomic E-state index is -0.550. The van der Waals surface area contributed by atoms with Gasteiger partial charge in [-0.05, 0) is 24.1 Å². The number of aromatic amines is 1. The zero-order valence-corrected chi connectivity index (χ0v) is 18.5. The second-order valence-corrected chi connectivity index (χ2v) is 7.89. The monoisotopic (exact) mass is 449 g/mol. The van der Waals surface area contributed by atoms with Gasteiger partial charge >= 0.3 is 11.4 Å². The van der Waals surface area contributed by atoms with Crippen LogP contribution in [0, 0.1) is 0 Å². The van der Waals surface area contributed by atoms with E-state index in [2.05, 4.69) is 4.98 Å². The molecule has 0 unspecified atom stereocenters. The average molecular weight is 450 g/mol. The van der Waals surface area contributed by atoms with Gasteiger partial charge in [0.1, 0.15) is 11.5 Å². The van der Waals surface area contributed by atoms with Gasteiger partial charge < -0.3 is 15.1 Å². The van der Waals surface area contributed by atoms with E-state index in [9.17, 15) is 14.4 Å². The number of unbranched alkanes of at least 4 members (excludes halogenated alkanes) is 1. The molecule has 2 aromatic carbocycles. The molecule has 2 heterocycles. The van der Waals surface area contributed by atoms with Crippen LogP contribution in [0.5, 0.6) is 0 Å². The van der Waals surface area contributed by atoms with E-state index in [0.29, 0.717) is 30.7 Å². The lowest BCUT2D eigenvalue weighted by atomic mass is 10.2. The Morgan fingerprint density at radius 1 is 0.970 bits per heavy atom. The molecule has 0 fully saturated rings. The van der Waals surface area contributed by atoms with Crippen molar-refractivity contribution < 1.29 is 4.42 Å². The number of nitrogens with two attached hydrogens (primary N) is 1. The van der Waals surface area contributed by atoms with Crippen LogP contribution < -0.4 is 27.6 Å². The molecule has 3 N–H and O–H groups in total. The first-order chi connectivity index (χ1) is 16.0. The van der Waals surface area contributed by atoms with Gasteiger partial charge in [0.25, 0.3) is 5.56 Å². The van der Waals surface area contributed by atoms with Gasteiger partial charge in [0, 0.05) is 26.2 Å². The highest BCUT2D eigenvalue weighted by atomic mass is 16.4. The van der Waals surface area contributed by atoms with Crippen LogP contribution in [-0.4, -0.2) is 20.7 Å². The lowest BCUT2D eigenvalue weighted by Crippen LogP contribution is -2.39. The molecular formula is C24H27N5O4. The van der Waals surface area contributed by atoms with Crippen molar-refractivity contribution in [2.24, 2.45) is 0 Å². The summed E-state index contributed by atoms with van der Waals surface area (Å²) in [6.07, 6.45) is 1.63. The number of hydrogen-bond acceptors (Lipinski definition) is 6. The van der Waals surface area contributed by atoms with E-state index in [4.69, 9.17) is 10.2 Å². The number of H-pyrrole nitrogens is 1. The third-order valence-electron chi connectivity index (χ3n) is 5.65. The summed E-state index contributed by atoms with van der Waals surface area (Å²) in [4.78, 5) is 41.9. The van der Waals surface area contributed by atoms with Crippen LogP contribution in [0.15, 0.2) is 73.4 Å². The first kappa shape index (κ1) is 22.2. The second-order valence-electron chi connectivity index (χ2n) is 7.89. The van der Waals surface area contributed by atoms with Crippen molar-refractivity contribution in [2.45, 2.75) is 39.4 Å². The molecule has 0 amide bonds. The highest BCUT2D eigenvalue weighted by molar-refractivity contribution is 5.72. The van der Waals surface area contributed by atoms with Crippen molar-refractivity contribution >= 4 is 22.6 Å². The van der Waals surface area contributed by atoms with Crippen LogP contribution in [0.2, 0.25) is 0 Å². The van der Waals surface area contributed by atoms with Crippen molar-refractivity contribution in [3.05, 3.63) is 91.5 Å². The predicted octanol–water partition coefficient (Wildman–Crippen LogP) is 2.53. The van der Waals surface area contributed by atoms with E-state index in [1.807, 2.05) is 49.4 Å². The first-order valence-corrected chi connectivity index (χ1v) is 11.0. The highest BCUT2D eigenvalue weighted by Gasteiger charge is 2.20. The minimum Gasteiger partial charge on any atom is -0.408 e. The Bertz CT molecular complexity index is 1410. The van der Waals surface area contributed by atoms with Crippen LogP contribution in [0.1, 0.15) is 25.3 Å². The van der Waals surface area contributed by atoms with E-state index in [0.717, 1.165) is 18.4 Å². The predicted molar refractivity (Wildman–Crippen MR) is 129 cm³/mol. The molecule has 0 aliphatic rings. The molecule has 0 spiro atoms. The molecule has 0 bridgehead atoms. The largest absolute Gasteiger partial charge is 0.420 e. The van der Waals surface area contributed by atoms with E-state index in [1.165, 1.54) is 9.13 Å². The van der Waals surface area contributed by atoms with Crippen LogP contribution in [0.4, 0.5) is 11.5 Å². The summed E-state index contributed by atoms with van der Waals surface area (Å²) in [6.45, 7) is 3.39. The summed E-state index contributed by atoms with van der Waals surface area (Å²) in [5.74, 6) is -0.344. The fraction of sp³-hybridized carbons (Fsp3) is 0.292. The number of fused-ring (bicyclic) bond motifs is 1. The molecular weight excluding hydrogens is 422 g/mol. The SMILES string of the molecule is CCCCn1c(N)c(N(CCn2c(=O)oc3ccccc32)Cc2ccccc2)c(=O)[nH]c1=O. The Balaban J connectivity index is 1.74. The molecule has 9 nitrogen and oxygen atoms in total. The molecule has 0 radical (unpaired) electrons. The fourth-order valence-corrected chi connectivity index (χ4v) is 3.94. The minimum absolute atomic E-state index is 0.123. The zero-order chi connectivity index (χ0) is 23.4. The Morgan fingerprint density at radius 3 is 2.45 bits per heavy atom. The molecule has 4 rings (SSSR count). The number of rotatable bonds is 9. The number of para-hydroxylation sites is 2. The van der Waals surface area contributed by atoms with Gasteiger partial charge in [-0.25, -0.2) is 9.59 Å². The van der Waals surface area contributed by atoms with Crippen molar-refractivity contribution in [1.29, 1.82) is 0 Å². The Hall–Kier alpha value is -4.01. The normalized spacial score (nSPS) is 11.2. The van der Waals surface area contributed by atoms with Crippen molar-refractivity contribution in [3.8, 4) is 0 Å². The summed E-state index contributed by atoms with van der Waals surface area (Å²) < 4.78 is 8.27. The molecule has 0 atom stereocenters. The molecule has 0 aliphatic carbocycles. The molecule has 0 saturated heterocycles. The first-order valence-electron chi connectivity index (χ1n) is 11.0. The van der Waals surface area contributed by atoms with Gasteiger partial charge in [-0.15, -0.1) is 0 Å². The molecule has 0 saturated carbocycles. The summed E-state index contributed by atoms with van der Waals surface area (Å²) in [5, 5.41) is 0. The van der Waals surface area contributed by atoms with E-state index in [1.54, 1.807) is 17.0 Å². The van der Waals surface area contributed by atoms with E-state index in [-0.39, 0.29) is 18.1 Å². The maximum atomic E-state index is 12.9. The van der Waals surface area contributed by atoms with Crippen molar-refractivity contribution in [2.75, 3.05) is 17.2 Å². The molecule has 4 aromatic rings. The van der Waals surface area contributed by atoms with Gasteiger partial charge in [-0.2, -0.15) is 0 Å². The third kappa shape index (κ3) is 4.62. The van der Waals surface area contributed by atoms with Crippen molar-refractivity contribution in [1.82, 2.24) is 14.1 Å². The number of oxazole rings is 1. The molecule has 2 aromatic heterocycles. The number of nitrogen functional groups attached to an aromatic ring is 1. The maximum absolute atomic E-state index is 12.9. The number of benzene rings is 2. The van der Waals surface area contributed by atoms with Crippen LogP contribution in [0.25, 0.3) is 11.1 Å². The number of nitrogens with zero attached hydrogens (tertiary/aromatic N) is 3. The van der Waals surface area contributed by atoms with Crippen LogP contribution >= 0.6 is 0 Å². The van der Waals surface area contributed by atoms with Gasteiger partial charge in [0.05, 0.1) is 5.52 Å². The number of anilines is 2. The van der Waals surface area contributed by atoms with E-state index >= 15 is 0 Å². The third-order valence-corrected chi connectivity index (χ3v) is 5.65. The van der Waals surface area contributed by atoms with Gasteiger partial charge in [-0.1, -0.05) is 55.8 Å². The maximum Gasteiger partial charge on any atom is 0.420 e. The van der Waals surface area contributed by atoms with Crippen LogP contribution in [-0.2, 0) is 19.6 Å². The van der Waals surface area contributed by atoms with Crippen LogP contribution in [0.3, 0.4) is 0 Å². The lowest BCUT2D eigenvalue weighted by Gasteiger charge is -2.26. The Kier molecular flexibility index (Phi) is 6.48.